The third-order valence-electron chi connectivity index (χ3n) is 2.12. The van der Waals surface area contributed by atoms with Crippen LogP contribution >= 0.6 is 0 Å². The van der Waals surface area contributed by atoms with E-state index in [1.54, 1.807) is 0 Å². The number of rotatable bonds is 9. The van der Waals surface area contributed by atoms with Crippen molar-refractivity contribution >= 4 is 22.9 Å². The molecule has 0 aliphatic heterocycles. The van der Waals surface area contributed by atoms with E-state index in [9.17, 15) is 0 Å². The molecule has 2 heteroatoms. The van der Waals surface area contributed by atoms with Crippen molar-refractivity contribution in [3.05, 3.63) is 0 Å². The number of hydrogen-bond acceptors (Lipinski definition) is 1. The predicted molar refractivity (Wildman–Crippen MR) is 55.7 cm³/mol. The molecule has 0 atom stereocenters. The summed E-state index contributed by atoms with van der Waals surface area (Å²) in [6, 6.07) is 0. The molecule has 0 N–H and O–H groups in total. The molecule has 72 valence electrons. The minimum absolute atomic E-state index is 0.965. The van der Waals surface area contributed by atoms with Crippen LogP contribution in [0.3, 0.4) is 0 Å². The quantitative estimate of drug-likeness (QED) is 0.465. The molecule has 0 amide bonds. The van der Waals surface area contributed by atoms with Crippen molar-refractivity contribution in [3.8, 4) is 0 Å². The molecule has 0 aliphatic carbocycles. The molecule has 1 nitrogen and oxygen atoms in total. The Labute approximate surface area is 90.9 Å². The van der Waals surface area contributed by atoms with Crippen molar-refractivity contribution < 1.29 is 3.07 Å². The second kappa shape index (κ2) is 11.8. The number of hydrogen-bond donors (Lipinski definition) is 0. The van der Waals surface area contributed by atoms with E-state index in [-0.39, 0.29) is 0 Å². The van der Waals surface area contributed by atoms with Crippen LogP contribution in [0.5, 0.6) is 0 Å². The molecule has 12 heavy (non-hydrogen) atoms. The normalized spacial score (nSPS) is 10.5. The molecule has 0 aromatic heterocycles. The summed E-state index contributed by atoms with van der Waals surface area (Å²) < 4.78 is 5.12. The van der Waals surface area contributed by atoms with Crippen molar-refractivity contribution in [2.75, 3.05) is 6.61 Å². The van der Waals surface area contributed by atoms with Gasteiger partial charge in [-0.15, -0.1) is 0 Å². The second-order valence-electron chi connectivity index (χ2n) is 3.35. The monoisotopic (exact) mass is 278 g/mol. The summed E-state index contributed by atoms with van der Waals surface area (Å²) in [5.74, 6) is 0. The van der Waals surface area contributed by atoms with Gasteiger partial charge in [-0.2, -0.15) is 0 Å². The maximum atomic E-state index is 5.12. The van der Waals surface area contributed by atoms with Crippen LogP contribution in [-0.4, -0.2) is 29.5 Å². The van der Waals surface area contributed by atoms with Crippen molar-refractivity contribution in [2.24, 2.45) is 0 Å². The zero-order chi connectivity index (χ0) is 9.07. The van der Waals surface area contributed by atoms with Gasteiger partial charge in [-0.1, -0.05) is 0 Å². The molecule has 0 heterocycles. The van der Waals surface area contributed by atoms with Gasteiger partial charge in [0.25, 0.3) is 0 Å². The van der Waals surface area contributed by atoms with Crippen molar-refractivity contribution in [3.63, 3.8) is 0 Å². The van der Waals surface area contributed by atoms with Crippen molar-refractivity contribution in [1.82, 2.24) is 0 Å². The molecule has 0 bridgehead atoms. The molecule has 0 aromatic carbocycles. The molecule has 0 fully saturated rings. The van der Waals surface area contributed by atoms with Crippen molar-refractivity contribution in [2.45, 2.75) is 58.3 Å². The fourth-order valence-corrected chi connectivity index (χ4v) is 1.79. The maximum absolute atomic E-state index is 5.12. The summed E-state index contributed by atoms with van der Waals surface area (Å²) in [7, 11) is 0. The Bertz CT molecular complexity index is 66.2. The van der Waals surface area contributed by atoms with Crippen LogP contribution in [0.4, 0.5) is 0 Å². The third kappa shape index (κ3) is 10.8. The Kier molecular flexibility index (Phi) is 12.5. The van der Waals surface area contributed by atoms with Gasteiger partial charge in [-0.25, -0.2) is 0 Å². The average molecular weight is 277 g/mol. The third-order valence-corrected chi connectivity index (χ3v) is 2.79. The van der Waals surface area contributed by atoms with Crippen LogP contribution in [0.1, 0.15) is 58.3 Å². The van der Waals surface area contributed by atoms with Gasteiger partial charge >= 0.3 is 90.9 Å². The molecule has 0 unspecified atom stereocenters. The zero-order valence-corrected chi connectivity index (χ0v) is 11.6. The van der Waals surface area contributed by atoms with Gasteiger partial charge in [0.15, 0.2) is 0 Å². The van der Waals surface area contributed by atoms with Crippen LogP contribution in [0.2, 0.25) is 0 Å². The Morgan fingerprint density at radius 3 is 1.83 bits per heavy atom. The van der Waals surface area contributed by atoms with E-state index in [0.717, 1.165) is 29.5 Å². The standard InChI is InChI=1S/C10H21O.Sn.H/c1-2-3-4-5-6-7-8-9-10-11;;/h2-10H2,1H3;;/q-1;+1;. The predicted octanol–water partition coefficient (Wildman–Crippen LogP) is 2.96. The van der Waals surface area contributed by atoms with E-state index in [1.807, 2.05) is 0 Å². The summed E-state index contributed by atoms with van der Waals surface area (Å²) in [6.07, 6.45) is 11.1. The van der Waals surface area contributed by atoms with E-state index in [2.05, 4.69) is 6.92 Å². The summed E-state index contributed by atoms with van der Waals surface area (Å²) >= 11 is 0.965. The fourth-order valence-electron chi connectivity index (χ4n) is 1.32. The summed E-state index contributed by atoms with van der Waals surface area (Å²) in [5, 5.41) is 0. The first-order valence-electron chi connectivity index (χ1n) is 5.23. The van der Waals surface area contributed by atoms with E-state index in [4.69, 9.17) is 3.07 Å². The second-order valence-corrected chi connectivity index (χ2v) is 4.30. The molecule has 0 aromatic rings. The number of unbranched alkanes of at least 4 members (excludes halogenated alkanes) is 7. The SMILES string of the molecule is CCCCCCCCCC[O][SnH]. The van der Waals surface area contributed by atoms with Crippen LogP contribution < -0.4 is 0 Å². The van der Waals surface area contributed by atoms with Gasteiger partial charge in [-0.3, -0.25) is 0 Å². The molecule has 0 aliphatic rings. The first-order valence-corrected chi connectivity index (χ1v) is 6.58. The van der Waals surface area contributed by atoms with Gasteiger partial charge in [0, 0.05) is 0 Å². The van der Waals surface area contributed by atoms with Gasteiger partial charge in [-0.05, 0) is 0 Å². The molecule has 0 saturated heterocycles. The zero-order valence-electron chi connectivity index (χ0n) is 8.35. The Balaban J connectivity index is 2.73. The van der Waals surface area contributed by atoms with Crippen LogP contribution in [0, 0.1) is 0 Å². The van der Waals surface area contributed by atoms with E-state index in [0.29, 0.717) is 0 Å². The molecule has 0 rings (SSSR count). The molecular formula is C10H22OSn. The Morgan fingerprint density at radius 1 is 0.833 bits per heavy atom. The van der Waals surface area contributed by atoms with Crippen LogP contribution in [0.15, 0.2) is 0 Å². The van der Waals surface area contributed by atoms with Gasteiger partial charge in [0.2, 0.25) is 0 Å². The Hall–Kier alpha value is 0.759. The average Bonchev–Trinajstić information content (AvgIpc) is 2.10. The van der Waals surface area contributed by atoms with E-state index < -0.39 is 0 Å². The van der Waals surface area contributed by atoms with Crippen molar-refractivity contribution in [1.29, 1.82) is 0 Å². The van der Waals surface area contributed by atoms with Gasteiger partial charge in [0.05, 0.1) is 0 Å². The summed E-state index contributed by atoms with van der Waals surface area (Å²) in [6.45, 7) is 3.26. The van der Waals surface area contributed by atoms with Gasteiger partial charge < -0.3 is 0 Å². The van der Waals surface area contributed by atoms with Crippen LogP contribution in [-0.2, 0) is 3.07 Å². The molecule has 0 saturated carbocycles. The summed E-state index contributed by atoms with van der Waals surface area (Å²) in [5.41, 5.74) is 0. The fraction of sp³-hybridized carbons (Fsp3) is 1.00. The first kappa shape index (κ1) is 12.8. The summed E-state index contributed by atoms with van der Waals surface area (Å²) in [4.78, 5) is 0. The van der Waals surface area contributed by atoms with E-state index in [1.165, 1.54) is 51.4 Å². The topological polar surface area (TPSA) is 9.23 Å². The molecular weight excluding hydrogens is 255 g/mol. The Morgan fingerprint density at radius 2 is 1.33 bits per heavy atom. The first-order chi connectivity index (χ1) is 5.91. The molecule has 2 radical (unpaired) electrons. The molecule has 0 spiro atoms. The van der Waals surface area contributed by atoms with Crippen LogP contribution in [0.25, 0.3) is 0 Å². The van der Waals surface area contributed by atoms with E-state index >= 15 is 0 Å². The van der Waals surface area contributed by atoms with Gasteiger partial charge in [0.1, 0.15) is 0 Å². The minimum atomic E-state index is 0.965.